The summed E-state index contributed by atoms with van der Waals surface area (Å²) in [6.07, 6.45) is 3.00. The molecule has 0 aliphatic heterocycles. The van der Waals surface area contributed by atoms with Gasteiger partial charge in [-0.25, -0.2) is 9.37 Å². The van der Waals surface area contributed by atoms with Gasteiger partial charge in [-0.15, -0.1) is 0 Å². The summed E-state index contributed by atoms with van der Waals surface area (Å²) in [5, 5.41) is 1.83. The minimum absolute atomic E-state index is 0.275. The molecule has 3 rings (SSSR count). The Morgan fingerprint density at radius 3 is 2.81 bits per heavy atom. The SMILES string of the molecule is Cc1cc2c(cn1)[nH]c1ncc(F)c(C)c12. The van der Waals surface area contributed by atoms with Crippen LogP contribution in [0.4, 0.5) is 4.39 Å². The molecule has 0 saturated carbocycles. The molecular formula is C12H10FN3. The Labute approximate surface area is 91.3 Å². The minimum atomic E-state index is -0.275. The van der Waals surface area contributed by atoms with Gasteiger partial charge in [0.25, 0.3) is 0 Å². The van der Waals surface area contributed by atoms with Crippen LogP contribution in [0.1, 0.15) is 11.3 Å². The third kappa shape index (κ3) is 1.13. The molecule has 0 saturated heterocycles. The highest BCUT2D eigenvalue weighted by atomic mass is 19.1. The lowest BCUT2D eigenvalue weighted by Crippen LogP contribution is -1.86. The van der Waals surface area contributed by atoms with Crippen molar-refractivity contribution < 1.29 is 4.39 Å². The average Bonchev–Trinajstić information content (AvgIpc) is 2.62. The van der Waals surface area contributed by atoms with Crippen molar-refractivity contribution in [3.05, 3.63) is 35.5 Å². The molecule has 0 atom stereocenters. The summed E-state index contributed by atoms with van der Waals surface area (Å²) < 4.78 is 13.5. The van der Waals surface area contributed by atoms with Crippen LogP contribution in [0.5, 0.6) is 0 Å². The molecule has 0 aliphatic carbocycles. The monoisotopic (exact) mass is 215 g/mol. The van der Waals surface area contributed by atoms with E-state index in [4.69, 9.17) is 0 Å². The zero-order valence-corrected chi connectivity index (χ0v) is 9.00. The molecule has 3 nitrogen and oxygen atoms in total. The lowest BCUT2D eigenvalue weighted by atomic mass is 10.1. The molecule has 0 spiro atoms. The zero-order valence-electron chi connectivity index (χ0n) is 9.00. The molecule has 3 aromatic rings. The first kappa shape index (κ1) is 9.27. The van der Waals surface area contributed by atoms with Crippen LogP contribution in [0.2, 0.25) is 0 Å². The predicted molar refractivity (Wildman–Crippen MR) is 60.8 cm³/mol. The van der Waals surface area contributed by atoms with Crippen LogP contribution in [0, 0.1) is 19.7 Å². The van der Waals surface area contributed by atoms with Gasteiger partial charge >= 0.3 is 0 Å². The number of fused-ring (bicyclic) bond motifs is 3. The Morgan fingerprint density at radius 2 is 2.00 bits per heavy atom. The number of nitrogens with one attached hydrogen (secondary N) is 1. The fourth-order valence-corrected chi connectivity index (χ4v) is 2.00. The molecule has 80 valence electrons. The highest BCUT2D eigenvalue weighted by Crippen LogP contribution is 2.27. The van der Waals surface area contributed by atoms with E-state index in [0.29, 0.717) is 11.2 Å². The van der Waals surface area contributed by atoms with Crippen molar-refractivity contribution in [2.45, 2.75) is 13.8 Å². The molecule has 3 aromatic heterocycles. The number of hydrogen-bond acceptors (Lipinski definition) is 2. The molecule has 0 fully saturated rings. The van der Waals surface area contributed by atoms with E-state index in [-0.39, 0.29) is 5.82 Å². The molecule has 0 radical (unpaired) electrons. The summed E-state index contributed by atoms with van der Waals surface area (Å²) in [5.74, 6) is -0.275. The second kappa shape index (κ2) is 3.01. The number of aromatic amines is 1. The maximum Gasteiger partial charge on any atom is 0.145 e. The van der Waals surface area contributed by atoms with Crippen LogP contribution < -0.4 is 0 Å². The van der Waals surface area contributed by atoms with E-state index in [1.165, 1.54) is 6.20 Å². The van der Waals surface area contributed by atoms with E-state index >= 15 is 0 Å². The van der Waals surface area contributed by atoms with Gasteiger partial charge in [0, 0.05) is 16.5 Å². The summed E-state index contributed by atoms with van der Waals surface area (Å²) in [5.41, 5.74) is 3.14. The van der Waals surface area contributed by atoms with Crippen molar-refractivity contribution >= 4 is 21.9 Å². The fourth-order valence-electron chi connectivity index (χ4n) is 2.00. The van der Waals surface area contributed by atoms with Crippen molar-refractivity contribution in [1.29, 1.82) is 0 Å². The number of aromatic nitrogens is 3. The minimum Gasteiger partial charge on any atom is -0.338 e. The summed E-state index contributed by atoms with van der Waals surface area (Å²) in [4.78, 5) is 11.4. The van der Waals surface area contributed by atoms with Gasteiger partial charge in [0.2, 0.25) is 0 Å². The Morgan fingerprint density at radius 1 is 1.19 bits per heavy atom. The van der Waals surface area contributed by atoms with Crippen LogP contribution in [0.15, 0.2) is 18.5 Å². The van der Waals surface area contributed by atoms with Crippen molar-refractivity contribution in [3.63, 3.8) is 0 Å². The van der Waals surface area contributed by atoms with E-state index in [1.54, 1.807) is 13.1 Å². The van der Waals surface area contributed by atoms with Crippen molar-refractivity contribution in [2.24, 2.45) is 0 Å². The molecular weight excluding hydrogens is 205 g/mol. The topological polar surface area (TPSA) is 41.6 Å². The summed E-state index contributed by atoms with van der Waals surface area (Å²) in [6, 6.07) is 1.95. The normalized spacial score (nSPS) is 11.4. The largest absolute Gasteiger partial charge is 0.338 e. The number of aryl methyl sites for hydroxylation is 2. The van der Waals surface area contributed by atoms with Crippen LogP contribution in [0.3, 0.4) is 0 Å². The van der Waals surface area contributed by atoms with Gasteiger partial charge in [-0.3, -0.25) is 4.98 Å². The lowest BCUT2D eigenvalue weighted by molar-refractivity contribution is 0.615. The number of halogens is 1. The molecule has 0 unspecified atom stereocenters. The lowest BCUT2D eigenvalue weighted by Gasteiger charge is -1.98. The van der Waals surface area contributed by atoms with Crippen LogP contribution >= 0.6 is 0 Å². The van der Waals surface area contributed by atoms with Crippen LogP contribution in [-0.4, -0.2) is 15.0 Å². The molecule has 0 amide bonds. The standard InChI is InChI=1S/C12H10FN3/c1-6-3-8-10(5-14-6)16-12-11(8)7(2)9(13)4-15-12/h3-5H,1-2H3,(H,15,16). The van der Waals surface area contributed by atoms with E-state index < -0.39 is 0 Å². The molecule has 3 heterocycles. The van der Waals surface area contributed by atoms with Gasteiger partial charge in [0.1, 0.15) is 11.5 Å². The molecule has 4 heteroatoms. The average molecular weight is 215 g/mol. The van der Waals surface area contributed by atoms with Crippen molar-refractivity contribution in [1.82, 2.24) is 15.0 Å². The third-order valence-electron chi connectivity index (χ3n) is 2.84. The molecule has 0 bridgehead atoms. The van der Waals surface area contributed by atoms with Gasteiger partial charge in [-0.05, 0) is 25.5 Å². The predicted octanol–water partition coefficient (Wildman–Crippen LogP) is 2.87. The fraction of sp³-hybridized carbons (Fsp3) is 0.167. The first-order valence-corrected chi connectivity index (χ1v) is 5.06. The maximum absolute atomic E-state index is 13.5. The van der Waals surface area contributed by atoms with Crippen LogP contribution in [0.25, 0.3) is 21.9 Å². The van der Waals surface area contributed by atoms with Gasteiger partial charge < -0.3 is 4.98 Å². The van der Waals surface area contributed by atoms with Gasteiger partial charge in [-0.2, -0.15) is 0 Å². The van der Waals surface area contributed by atoms with Crippen molar-refractivity contribution in [2.75, 3.05) is 0 Å². The first-order valence-electron chi connectivity index (χ1n) is 5.06. The second-order valence-corrected chi connectivity index (χ2v) is 3.95. The highest BCUT2D eigenvalue weighted by Gasteiger charge is 2.11. The Bertz CT molecular complexity index is 700. The second-order valence-electron chi connectivity index (χ2n) is 3.95. The summed E-state index contributed by atoms with van der Waals surface area (Å²) in [6.45, 7) is 3.68. The first-order chi connectivity index (χ1) is 7.66. The quantitative estimate of drug-likeness (QED) is 0.626. The third-order valence-corrected chi connectivity index (χ3v) is 2.84. The van der Waals surface area contributed by atoms with Gasteiger partial charge in [0.05, 0.1) is 17.9 Å². The number of nitrogens with zero attached hydrogens (tertiary/aromatic N) is 2. The number of hydrogen-bond donors (Lipinski definition) is 1. The van der Waals surface area contributed by atoms with Gasteiger partial charge in [0.15, 0.2) is 0 Å². The van der Waals surface area contributed by atoms with Crippen LogP contribution in [-0.2, 0) is 0 Å². The molecule has 1 N–H and O–H groups in total. The van der Waals surface area contributed by atoms with E-state index in [0.717, 1.165) is 22.0 Å². The molecule has 0 aliphatic rings. The molecule has 16 heavy (non-hydrogen) atoms. The van der Waals surface area contributed by atoms with E-state index in [1.807, 2.05) is 13.0 Å². The summed E-state index contributed by atoms with van der Waals surface area (Å²) in [7, 11) is 0. The summed E-state index contributed by atoms with van der Waals surface area (Å²) >= 11 is 0. The van der Waals surface area contributed by atoms with Gasteiger partial charge in [-0.1, -0.05) is 0 Å². The Hall–Kier alpha value is -1.97. The maximum atomic E-state index is 13.5. The molecule has 0 aromatic carbocycles. The van der Waals surface area contributed by atoms with Crippen molar-refractivity contribution in [3.8, 4) is 0 Å². The number of pyridine rings is 2. The Kier molecular flexibility index (Phi) is 1.74. The van der Waals surface area contributed by atoms with E-state index in [9.17, 15) is 4.39 Å². The zero-order chi connectivity index (χ0) is 11.3. The smallest absolute Gasteiger partial charge is 0.145 e. The Balaban J connectivity index is 2.60. The number of H-pyrrole nitrogens is 1. The number of rotatable bonds is 0. The highest BCUT2D eigenvalue weighted by molar-refractivity contribution is 6.07. The van der Waals surface area contributed by atoms with E-state index in [2.05, 4.69) is 15.0 Å².